The van der Waals surface area contributed by atoms with E-state index in [1.165, 1.54) is 31.2 Å². The smallest absolute Gasteiger partial charge is 0.349 e. The Morgan fingerprint density at radius 1 is 1.06 bits per heavy atom. The van der Waals surface area contributed by atoms with Crippen LogP contribution in [0.4, 0.5) is 30.7 Å². The first-order valence-corrected chi connectivity index (χ1v) is 10.4. The Bertz CT molecular complexity index is 980. The van der Waals surface area contributed by atoms with Gasteiger partial charge in [0.15, 0.2) is 6.29 Å². The summed E-state index contributed by atoms with van der Waals surface area (Å²) in [5.41, 5.74) is -2.55. The molecule has 0 N–H and O–H groups in total. The van der Waals surface area contributed by atoms with E-state index in [2.05, 4.69) is 5.92 Å². The van der Waals surface area contributed by atoms with Gasteiger partial charge < -0.3 is 9.47 Å². The molecule has 0 unspecified atom stereocenters. The summed E-state index contributed by atoms with van der Waals surface area (Å²) in [6, 6.07) is 6.25. The van der Waals surface area contributed by atoms with Crippen LogP contribution < -0.4 is 0 Å². The van der Waals surface area contributed by atoms with Crippen LogP contribution in [-0.2, 0) is 21.8 Å². The Kier molecular flexibility index (Phi) is 7.91. The lowest BCUT2D eigenvalue weighted by molar-refractivity contribution is -0.229. The summed E-state index contributed by atoms with van der Waals surface area (Å²) in [7, 11) is 0. The number of benzene rings is 2. The monoisotopic (exact) mass is 489 g/mol. The minimum absolute atomic E-state index is 0.0657. The van der Waals surface area contributed by atoms with Crippen molar-refractivity contribution in [1.29, 1.82) is 0 Å². The van der Waals surface area contributed by atoms with Crippen molar-refractivity contribution in [3.8, 4) is 12.3 Å². The summed E-state index contributed by atoms with van der Waals surface area (Å²) < 4.78 is 105. The Balaban J connectivity index is 1.94. The van der Waals surface area contributed by atoms with Gasteiger partial charge in [-0.3, -0.25) is 4.90 Å². The van der Waals surface area contributed by atoms with Crippen LogP contribution in [0.1, 0.15) is 47.7 Å². The first-order valence-electron chi connectivity index (χ1n) is 10.4. The second kappa shape index (κ2) is 10.3. The van der Waals surface area contributed by atoms with E-state index >= 15 is 0 Å². The molecule has 0 saturated carbocycles. The second-order valence-electron chi connectivity index (χ2n) is 7.84. The number of morpholine rings is 1. The van der Waals surface area contributed by atoms with Crippen molar-refractivity contribution in [3.63, 3.8) is 0 Å². The van der Waals surface area contributed by atoms with Gasteiger partial charge >= 0.3 is 12.4 Å². The number of ether oxygens (including phenoxy) is 2. The predicted molar refractivity (Wildman–Crippen MR) is 110 cm³/mol. The van der Waals surface area contributed by atoms with Crippen LogP contribution >= 0.6 is 0 Å². The van der Waals surface area contributed by atoms with Crippen LogP contribution in [0, 0.1) is 18.2 Å². The zero-order valence-electron chi connectivity index (χ0n) is 18.1. The van der Waals surface area contributed by atoms with E-state index in [1.54, 1.807) is 0 Å². The van der Waals surface area contributed by atoms with E-state index in [4.69, 9.17) is 15.9 Å². The SMILES string of the molecule is C#CCCN1CCO[C@H](O[C@H](C)c2cc(C(F)(F)F)cc(C(F)(F)F)c2)[C@@H]1c1ccc(F)cc1. The molecule has 0 bridgehead atoms. The number of halogens is 7. The van der Waals surface area contributed by atoms with Gasteiger partial charge in [0.2, 0.25) is 0 Å². The number of alkyl halides is 6. The lowest BCUT2D eigenvalue weighted by Crippen LogP contribution is -2.47. The largest absolute Gasteiger partial charge is 0.416 e. The van der Waals surface area contributed by atoms with E-state index in [1.807, 2.05) is 4.90 Å². The molecule has 10 heteroatoms. The highest BCUT2D eigenvalue weighted by Crippen LogP contribution is 2.39. The van der Waals surface area contributed by atoms with Gasteiger partial charge in [0.25, 0.3) is 0 Å². The Labute approximate surface area is 192 Å². The molecule has 2 aromatic carbocycles. The highest BCUT2D eigenvalue weighted by atomic mass is 19.4. The molecule has 1 fully saturated rings. The van der Waals surface area contributed by atoms with Crippen molar-refractivity contribution in [2.24, 2.45) is 0 Å². The fraction of sp³-hybridized carbons (Fsp3) is 0.417. The maximum absolute atomic E-state index is 13.5. The molecular weight excluding hydrogens is 467 g/mol. The van der Waals surface area contributed by atoms with Crippen molar-refractivity contribution in [3.05, 3.63) is 70.5 Å². The number of nitrogens with zero attached hydrogens (tertiary/aromatic N) is 1. The fourth-order valence-corrected chi connectivity index (χ4v) is 3.78. The maximum atomic E-state index is 13.5. The van der Waals surface area contributed by atoms with Crippen molar-refractivity contribution >= 4 is 0 Å². The average molecular weight is 489 g/mol. The molecule has 1 aliphatic rings. The summed E-state index contributed by atoms with van der Waals surface area (Å²) in [6.07, 6.45) is -6.41. The van der Waals surface area contributed by atoms with Gasteiger partial charge in [-0.1, -0.05) is 12.1 Å². The van der Waals surface area contributed by atoms with Crippen molar-refractivity contribution in [1.82, 2.24) is 4.90 Å². The summed E-state index contributed by atoms with van der Waals surface area (Å²) in [6.45, 7) is 2.45. The Morgan fingerprint density at radius 2 is 1.65 bits per heavy atom. The minimum Gasteiger partial charge on any atom is -0.349 e. The number of hydrogen-bond acceptors (Lipinski definition) is 3. The van der Waals surface area contributed by atoms with Gasteiger partial charge in [-0.05, 0) is 48.4 Å². The molecule has 0 spiro atoms. The molecule has 3 atom stereocenters. The molecule has 34 heavy (non-hydrogen) atoms. The quantitative estimate of drug-likeness (QED) is 0.348. The molecule has 0 aliphatic carbocycles. The maximum Gasteiger partial charge on any atom is 0.416 e. The van der Waals surface area contributed by atoms with Gasteiger partial charge in [-0.25, -0.2) is 4.39 Å². The zero-order valence-corrected chi connectivity index (χ0v) is 18.1. The molecule has 1 saturated heterocycles. The highest BCUT2D eigenvalue weighted by molar-refractivity contribution is 5.34. The van der Waals surface area contributed by atoms with Crippen LogP contribution in [0.2, 0.25) is 0 Å². The van der Waals surface area contributed by atoms with Crippen LogP contribution in [0.3, 0.4) is 0 Å². The van der Waals surface area contributed by atoms with Gasteiger partial charge in [0.05, 0.1) is 29.9 Å². The minimum atomic E-state index is -4.97. The summed E-state index contributed by atoms with van der Waals surface area (Å²) in [5, 5.41) is 0. The molecule has 0 amide bonds. The topological polar surface area (TPSA) is 21.7 Å². The first-order chi connectivity index (χ1) is 15.9. The van der Waals surface area contributed by atoms with Crippen molar-refractivity contribution < 1.29 is 40.2 Å². The Hall–Kier alpha value is -2.61. The third kappa shape index (κ3) is 6.29. The second-order valence-corrected chi connectivity index (χ2v) is 7.84. The third-order valence-electron chi connectivity index (χ3n) is 5.48. The summed E-state index contributed by atoms with van der Waals surface area (Å²) in [5.74, 6) is 2.05. The first kappa shape index (κ1) is 26.0. The van der Waals surface area contributed by atoms with Crippen molar-refractivity contribution in [2.45, 2.75) is 44.1 Å². The lowest BCUT2D eigenvalue weighted by atomic mass is 10.0. The van der Waals surface area contributed by atoms with E-state index in [0.29, 0.717) is 37.2 Å². The summed E-state index contributed by atoms with van der Waals surface area (Å²) >= 11 is 0. The third-order valence-corrected chi connectivity index (χ3v) is 5.48. The molecule has 0 aromatic heterocycles. The number of hydrogen-bond donors (Lipinski definition) is 0. The van der Waals surface area contributed by atoms with E-state index in [0.717, 1.165) is 0 Å². The van der Waals surface area contributed by atoms with Crippen LogP contribution in [0.5, 0.6) is 0 Å². The molecule has 1 heterocycles. The molecular formula is C24H22F7NO2. The number of rotatable bonds is 6. The van der Waals surface area contributed by atoms with E-state index < -0.39 is 47.7 Å². The van der Waals surface area contributed by atoms with Gasteiger partial charge in [-0.2, -0.15) is 26.3 Å². The molecule has 184 valence electrons. The van der Waals surface area contributed by atoms with Crippen LogP contribution in [-0.4, -0.2) is 30.9 Å². The van der Waals surface area contributed by atoms with Crippen molar-refractivity contribution in [2.75, 3.05) is 19.7 Å². The molecule has 3 rings (SSSR count). The Morgan fingerprint density at radius 3 is 2.18 bits per heavy atom. The molecule has 3 nitrogen and oxygen atoms in total. The molecule has 2 aromatic rings. The van der Waals surface area contributed by atoms with Gasteiger partial charge in [0, 0.05) is 19.5 Å². The average Bonchev–Trinajstić information content (AvgIpc) is 2.77. The predicted octanol–water partition coefficient (Wildman–Crippen LogP) is 6.36. The van der Waals surface area contributed by atoms with Crippen LogP contribution in [0.25, 0.3) is 0 Å². The zero-order chi connectivity index (χ0) is 25.1. The normalized spacial score (nSPS) is 20.7. The highest BCUT2D eigenvalue weighted by Gasteiger charge is 2.39. The van der Waals surface area contributed by atoms with E-state index in [-0.39, 0.29) is 18.2 Å². The van der Waals surface area contributed by atoms with E-state index in [9.17, 15) is 30.7 Å². The van der Waals surface area contributed by atoms with Gasteiger partial charge in [-0.15, -0.1) is 12.3 Å². The standard InChI is InChI=1S/C24H22F7NO2/c1-3-4-9-32-10-11-33-22(21(32)16-5-7-20(25)8-6-16)34-15(2)17-12-18(23(26,27)28)14-19(13-17)24(29,30)31/h1,5-8,12-15,21-22H,4,9-11H2,2H3/t15-,21+,22-/m1/s1. The van der Waals surface area contributed by atoms with Gasteiger partial charge in [0.1, 0.15) is 5.82 Å². The number of terminal acetylenes is 1. The summed E-state index contributed by atoms with van der Waals surface area (Å²) in [4.78, 5) is 1.93. The molecule has 0 radical (unpaired) electrons. The fourth-order valence-electron chi connectivity index (χ4n) is 3.78. The van der Waals surface area contributed by atoms with Crippen LogP contribution in [0.15, 0.2) is 42.5 Å². The molecule has 1 aliphatic heterocycles. The lowest BCUT2D eigenvalue weighted by Gasteiger charge is -2.42.